The molecule has 2 aliphatic carbocycles. The molecule has 14 heavy (non-hydrogen) atoms. The van der Waals surface area contributed by atoms with E-state index in [1.165, 1.54) is 12.0 Å². The van der Waals surface area contributed by atoms with Gasteiger partial charge in [0.05, 0.1) is 0 Å². The molecule has 0 heterocycles. The molecule has 1 atom stereocenters. The second-order valence-corrected chi connectivity index (χ2v) is 4.09. The van der Waals surface area contributed by atoms with Gasteiger partial charge < -0.3 is 0 Å². The number of allylic oxidation sites excluding steroid dienone is 4. The van der Waals surface area contributed by atoms with Crippen molar-refractivity contribution in [2.75, 3.05) is 0 Å². The second kappa shape index (κ2) is 2.84. The maximum Gasteiger partial charge on any atom is 0.00957 e. The summed E-state index contributed by atoms with van der Waals surface area (Å²) in [6.45, 7) is 2.28. The van der Waals surface area contributed by atoms with E-state index in [-0.39, 0.29) is 0 Å². The molecule has 0 heteroatoms. The Kier molecular flexibility index (Phi) is 1.63. The summed E-state index contributed by atoms with van der Waals surface area (Å²) in [5.74, 6) is 0.667. The van der Waals surface area contributed by atoms with Crippen LogP contribution in [0.25, 0.3) is 5.57 Å². The van der Waals surface area contributed by atoms with Gasteiger partial charge in [-0.2, -0.15) is 0 Å². The Balaban J connectivity index is 2.21. The molecule has 0 saturated heterocycles. The maximum absolute atomic E-state index is 2.32. The molecule has 0 spiro atoms. The van der Waals surface area contributed by atoms with Gasteiger partial charge in [-0.05, 0) is 35.1 Å². The van der Waals surface area contributed by atoms with Crippen molar-refractivity contribution in [3.05, 3.63) is 53.1 Å². The molecular formula is C14H14. The fourth-order valence-electron chi connectivity index (χ4n) is 2.80. The third kappa shape index (κ3) is 0.886. The Morgan fingerprint density at radius 2 is 2.14 bits per heavy atom. The van der Waals surface area contributed by atoms with Crippen molar-refractivity contribution >= 4 is 5.57 Å². The lowest BCUT2D eigenvalue weighted by atomic mass is 9.93. The van der Waals surface area contributed by atoms with Crippen LogP contribution in [0.5, 0.6) is 0 Å². The SMILES string of the molecule is CCC1C2=C(CC=C2)c2ccccc21. The van der Waals surface area contributed by atoms with Crippen LogP contribution in [-0.4, -0.2) is 0 Å². The lowest BCUT2D eigenvalue weighted by Crippen LogP contribution is -1.94. The highest BCUT2D eigenvalue weighted by Crippen LogP contribution is 2.47. The maximum atomic E-state index is 2.32. The summed E-state index contributed by atoms with van der Waals surface area (Å²) in [5.41, 5.74) is 6.20. The van der Waals surface area contributed by atoms with Crippen LogP contribution in [0.4, 0.5) is 0 Å². The molecule has 0 aromatic heterocycles. The molecule has 1 unspecified atom stereocenters. The second-order valence-electron chi connectivity index (χ2n) is 4.09. The summed E-state index contributed by atoms with van der Waals surface area (Å²) < 4.78 is 0. The first-order valence-electron chi connectivity index (χ1n) is 5.40. The van der Waals surface area contributed by atoms with Crippen LogP contribution >= 0.6 is 0 Å². The van der Waals surface area contributed by atoms with Gasteiger partial charge in [0.2, 0.25) is 0 Å². The van der Waals surface area contributed by atoms with E-state index in [2.05, 4.69) is 43.3 Å². The third-order valence-electron chi connectivity index (χ3n) is 3.41. The normalized spacial score (nSPS) is 22.8. The van der Waals surface area contributed by atoms with Crippen molar-refractivity contribution in [3.63, 3.8) is 0 Å². The van der Waals surface area contributed by atoms with Gasteiger partial charge >= 0.3 is 0 Å². The van der Waals surface area contributed by atoms with Gasteiger partial charge in [0.1, 0.15) is 0 Å². The molecule has 0 saturated carbocycles. The smallest absolute Gasteiger partial charge is 0.00957 e. The summed E-state index contributed by atoms with van der Waals surface area (Å²) in [7, 11) is 0. The van der Waals surface area contributed by atoms with Crippen molar-refractivity contribution < 1.29 is 0 Å². The molecule has 0 aliphatic heterocycles. The monoisotopic (exact) mass is 182 g/mol. The minimum atomic E-state index is 0.667. The van der Waals surface area contributed by atoms with Gasteiger partial charge in [0.25, 0.3) is 0 Å². The average molecular weight is 182 g/mol. The first-order chi connectivity index (χ1) is 6.92. The molecule has 1 aromatic rings. The van der Waals surface area contributed by atoms with E-state index in [4.69, 9.17) is 0 Å². The number of fused-ring (bicyclic) bond motifs is 2. The Hall–Kier alpha value is -1.30. The van der Waals surface area contributed by atoms with E-state index < -0.39 is 0 Å². The molecule has 0 N–H and O–H groups in total. The summed E-state index contributed by atoms with van der Waals surface area (Å²) in [6.07, 6.45) is 6.98. The van der Waals surface area contributed by atoms with E-state index in [1.807, 2.05) is 0 Å². The standard InChI is InChI=1S/C14H14/c1-2-10-11-6-3-4-7-13(11)14-9-5-8-12(10)14/h3-8,10H,2,9H2,1H3. The van der Waals surface area contributed by atoms with Crippen LogP contribution in [0.1, 0.15) is 36.8 Å². The third-order valence-corrected chi connectivity index (χ3v) is 3.41. The Labute approximate surface area is 85.0 Å². The van der Waals surface area contributed by atoms with Crippen LogP contribution in [0, 0.1) is 0 Å². The van der Waals surface area contributed by atoms with E-state index >= 15 is 0 Å². The highest BCUT2D eigenvalue weighted by Gasteiger charge is 2.29. The molecule has 3 rings (SSSR count). The molecular weight excluding hydrogens is 168 g/mol. The van der Waals surface area contributed by atoms with Crippen molar-refractivity contribution in [1.29, 1.82) is 0 Å². The fraction of sp³-hybridized carbons (Fsp3) is 0.286. The minimum absolute atomic E-state index is 0.667. The van der Waals surface area contributed by atoms with Gasteiger partial charge in [-0.15, -0.1) is 0 Å². The van der Waals surface area contributed by atoms with E-state index in [9.17, 15) is 0 Å². The molecule has 0 nitrogen and oxygen atoms in total. The Morgan fingerprint density at radius 1 is 1.29 bits per heavy atom. The van der Waals surface area contributed by atoms with E-state index in [0.29, 0.717) is 5.92 Å². The number of rotatable bonds is 1. The highest BCUT2D eigenvalue weighted by atomic mass is 14.3. The summed E-state index contributed by atoms with van der Waals surface area (Å²) in [4.78, 5) is 0. The van der Waals surface area contributed by atoms with Crippen molar-refractivity contribution in [2.24, 2.45) is 0 Å². The van der Waals surface area contributed by atoms with Gasteiger partial charge in [-0.3, -0.25) is 0 Å². The number of hydrogen-bond donors (Lipinski definition) is 0. The zero-order valence-corrected chi connectivity index (χ0v) is 8.46. The van der Waals surface area contributed by atoms with Gasteiger partial charge in [0, 0.05) is 5.92 Å². The predicted molar refractivity (Wildman–Crippen MR) is 60.2 cm³/mol. The largest absolute Gasteiger partial charge is 0.0798 e. The molecule has 0 bridgehead atoms. The van der Waals surface area contributed by atoms with Crippen molar-refractivity contribution in [3.8, 4) is 0 Å². The van der Waals surface area contributed by atoms with Gasteiger partial charge in [0.15, 0.2) is 0 Å². The minimum Gasteiger partial charge on any atom is -0.0798 e. The summed E-state index contributed by atoms with van der Waals surface area (Å²) in [5, 5.41) is 0. The summed E-state index contributed by atoms with van der Waals surface area (Å²) >= 11 is 0. The molecule has 0 fully saturated rings. The number of hydrogen-bond acceptors (Lipinski definition) is 0. The molecule has 0 amide bonds. The Bertz CT molecular complexity index is 435. The van der Waals surface area contributed by atoms with Gasteiger partial charge in [-0.1, -0.05) is 43.3 Å². The quantitative estimate of drug-likeness (QED) is 0.617. The zero-order chi connectivity index (χ0) is 9.54. The predicted octanol–water partition coefficient (Wildman–Crippen LogP) is 3.91. The molecule has 2 aliphatic rings. The first-order valence-corrected chi connectivity index (χ1v) is 5.40. The number of benzene rings is 1. The molecule has 1 aromatic carbocycles. The van der Waals surface area contributed by atoms with Crippen LogP contribution in [0.3, 0.4) is 0 Å². The molecule has 70 valence electrons. The van der Waals surface area contributed by atoms with Crippen LogP contribution in [0.15, 0.2) is 42.0 Å². The first kappa shape index (κ1) is 8.05. The average Bonchev–Trinajstić information content (AvgIpc) is 2.77. The van der Waals surface area contributed by atoms with Crippen LogP contribution in [-0.2, 0) is 0 Å². The highest BCUT2D eigenvalue weighted by molar-refractivity contribution is 5.83. The topological polar surface area (TPSA) is 0 Å². The van der Waals surface area contributed by atoms with Crippen LogP contribution in [0.2, 0.25) is 0 Å². The van der Waals surface area contributed by atoms with E-state index in [0.717, 1.165) is 6.42 Å². The lowest BCUT2D eigenvalue weighted by molar-refractivity contribution is 0.792. The van der Waals surface area contributed by atoms with Crippen molar-refractivity contribution in [2.45, 2.75) is 25.7 Å². The zero-order valence-electron chi connectivity index (χ0n) is 8.46. The lowest BCUT2D eigenvalue weighted by Gasteiger charge is -2.11. The summed E-state index contributed by atoms with van der Waals surface area (Å²) in [6, 6.07) is 8.87. The molecule has 0 radical (unpaired) electrons. The van der Waals surface area contributed by atoms with Crippen molar-refractivity contribution in [1.82, 2.24) is 0 Å². The Morgan fingerprint density at radius 3 is 3.00 bits per heavy atom. The van der Waals surface area contributed by atoms with Crippen LogP contribution < -0.4 is 0 Å². The fourth-order valence-corrected chi connectivity index (χ4v) is 2.80. The van der Waals surface area contributed by atoms with Gasteiger partial charge in [-0.25, -0.2) is 0 Å². The van der Waals surface area contributed by atoms with E-state index in [1.54, 1.807) is 16.7 Å².